The summed E-state index contributed by atoms with van der Waals surface area (Å²) in [5, 5.41) is 33.6. The number of fused-ring (bicyclic) bond motifs is 3. The van der Waals surface area contributed by atoms with E-state index in [2.05, 4.69) is 36.0 Å². The first-order valence-electron chi connectivity index (χ1n) is 19.7. The number of aromatic nitrogens is 5. The lowest BCUT2D eigenvalue weighted by molar-refractivity contribution is -0.135. The number of nitrogen functional groups attached to an aromatic ring is 1. The van der Waals surface area contributed by atoms with Crippen molar-refractivity contribution in [2.24, 2.45) is 0 Å². The van der Waals surface area contributed by atoms with Crippen LogP contribution in [0.25, 0.3) is 44.4 Å². The number of aliphatic hydroxyl groups is 1. The molecule has 0 bridgehead atoms. The van der Waals surface area contributed by atoms with Crippen LogP contribution in [0.4, 0.5) is 5.82 Å². The summed E-state index contributed by atoms with van der Waals surface area (Å²) in [6.45, 7) is 2.81. The number of amides is 4. The molecule has 0 aliphatic carbocycles. The largest absolute Gasteiger partial charge is 0.508 e. The number of nitrogens with zero attached hydrogens (tertiary/aromatic N) is 5. The second kappa shape index (κ2) is 18.8. The number of rotatable bonds is 15. The van der Waals surface area contributed by atoms with E-state index in [0.717, 1.165) is 44.5 Å². The van der Waals surface area contributed by atoms with Crippen LogP contribution in [-0.2, 0) is 40.3 Å². The summed E-state index contributed by atoms with van der Waals surface area (Å²) in [6, 6.07) is 13.7. The fourth-order valence-corrected chi connectivity index (χ4v) is 7.90. The van der Waals surface area contributed by atoms with Gasteiger partial charge in [-0.05, 0) is 54.3 Å². The number of nitrogens with two attached hydrogens (primary N) is 1. The van der Waals surface area contributed by atoms with Gasteiger partial charge in [0.05, 0.1) is 21.3 Å². The van der Waals surface area contributed by atoms with Crippen LogP contribution in [0.1, 0.15) is 47.1 Å². The standard InChI is InChI=1S/C43H44Cl2N10O6/c1-2-27-29(20-51-42(46)38(27)24-5-8-26(57)9-6-24)25-7-10-34(50-19-25)43(61)49-15-14-48-35(58)4-3-13-47-36(59)22-55-17-12-33(53-55)28-18-31(44)40(45)41-39(28)30-21-54(37(60)23-56)16-11-32(30)52-41/h5-10,12,17-20,52,56-57H,2-4,11,13-16,21-23H2,1H3,(H2,46,51)(H,47,59)(H,48,58)(H,49,61). The van der Waals surface area contributed by atoms with Gasteiger partial charge in [-0.2, -0.15) is 5.10 Å². The van der Waals surface area contributed by atoms with E-state index < -0.39 is 6.61 Å². The van der Waals surface area contributed by atoms with Gasteiger partial charge in [-0.1, -0.05) is 48.3 Å². The molecule has 8 N–H and O–H groups in total. The summed E-state index contributed by atoms with van der Waals surface area (Å²) < 4.78 is 1.50. The van der Waals surface area contributed by atoms with Crippen LogP contribution >= 0.6 is 23.2 Å². The van der Waals surface area contributed by atoms with Gasteiger partial charge in [-0.25, -0.2) is 4.98 Å². The number of phenols is 1. The Labute approximate surface area is 360 Å². The average Bonchev–Trinajstić information content (AvgIpc) is 3.90. The number of anilines is 1. The summed E-state index contributed by atoms with van der Waals surface area (Å²) in [5.74, 6) is -0.728. The first-order chi connectivity index (χ1) is 29.4. The molecular weight excluding hydrogens is 823 g/mol. The number of halogens is 2. The van der Waals surface area contributed by atoms with E-state index in [-0.39, 0.29) is 67.7 Å². The summed E-state index contributed by atoms with van der Waals surface area (Å²) in [5.41, 5.74) is 14.4. The van der Waals surface area contributed by atoms with Crippen LogP contribution in [-0.4, -0.2) is 96.3 Å². The highest BCUT2D eigenvalue weighted by molar-refractivity contribution is 6.45. The van der Waals surface area contributed by atoms with Crippen molar-refractivity contribution in [3.8, 4) is 39.3 Å². The fourth-order valence-electron chi connectivity index (χ4n) is 7.50. The van der Waals surface area contributed by atoms with Gasteiger partial charge in [0.15, 0.2) is 0 Å². The quantitative estimate of drug-likeness (QED) is 0.0708. The topological polar surface area (TPSA) is 233 Å². The van der Waals surface area contributed by atoms with Crippen LogP contribution in [0, 0.1) is 0 Å². The van der Waals surface area contributed by atoms with Crippen molar-refractivity contribution in [1.82, 2.24) is 45.6 Å². The predicted octanol–water partition coefficient (Wildman–Crippen LogP) is 4.63. The van der Waals surface area contributed by atoms with Crippen molar-refractivity contribution in [3.63, 3.8) is 0 Å². The minimum atomic E-state index is -0.576. The van der Waals surface area contributed by atoms with Gasteiger partial charge < -0.3 is 41.8 Å². The lowest BCUT2D eigenvalue weighted by Crippen LogP contribution is -2.37. The van der Waals surface area contributed by atoms with Gasteiger partial charge in [-0.15, -0.1) is 0 Å². The number of benzene rings is 2. The SMILES string of the molecule is CCc1c(-c2ccc(C(=O)NCCNC(=O)CCCNC(=O)Cn3ccc(-c4cc(Cl)c(Cl)c5[nH]c6c(c45)CN(C(=O)CO)CC6)n3)nc2)cnc(N)c1-c1ccc(O)cc1. The van der Waals surface area contributed by atoms with Crippen molar-refractivity contribution in [3.05, 3.63) is 99.7 Å². The van der Waals surface area contributed by atoms with E-state index in [4.69, 9.17) is 28.9 Å². The van der Waals surface area contributed by atoms with Gasteiger partial charge >= 0.3 is 0 Å². The molecule has 5 heterocycles. The number of carbonyl (C=O) groups is 4. The maximum Gasteiger partial charge on any atom is 0.269 e. The molecule has 2 aromatic carbocycles. The lowest BCUT2D eigenvalue weighted by atomic mass is 9.92. The molecule has 4 amide bonds. The van der Waals surface area contributed by atoms with Crippen LogP contribution in [0.15, 0.2) is 67.1 Å². The second-order valence-corrected chi connectivity index (χ2v) is 15.3. The summed E-state index contributed by atoms with van der Waals surface area (Å²) in [7, 11) is 0. The van der Waals surface area contributed by atoms with Crippen molar-refractivity contribution >= 4 is 63.6 Å². The van der Waals surface area contributed by atoms with Gasteiger partial charge in [0.1, 0.15) is 30.4 Å². The Bertz CT molecular complexity index is 2610. The molecule has 1 aliphatic heterocycles. The van der Waals surface area contributed by atoms with Crippen LogP contribution in [0.5, 0.6) is 5.75 Å². The fraction of sp³-hybridized carbons (Fsp3) is 0.279. The number of aromatic hydroxyl groups is 1. The average molecular weight is 868 g/mol. The van der Waals surface area contributed by atoms with E-state index >= 15 is 0 Å². The molecule has 1 aliphatic rings. The maximum atomic E-state index is 12.8. The third-order valence-electron chi connectivity index (χ3n) is 10.5. The molecule has 0 saturated carbocycles. The number of carbonyl (C=O) groups excluding carboxylic acids is 4. The molecule has 316 valence electrons. The highest BCUT2D eigenvalue weighted by atomic mass is 35.5. The number of pyridine rings is 2. The smallest absolute Gasteiger partial charge is 0.269 e. The lowest BCUT2D eigenvalue weighted by Gasteiger charge is -2.26. The van der Waals surface area contributed by atoms with Crippen molar-refractivity contribution in [1.29, 1.82) is 0 Å². The van der Waals surface area contributed by atoms with Crippen LogP contribution in [0.3, 0.4) is 0 Å². The third-order valence-corrected chi connectivity index (χ3v) is 11.3. The zero-order valence-corrected chi connectivity index (χ0v) is 34.7. The number of phenolic OH excluding ortho intramolecular Hbond substituents is 1. The monoisotopic (exact) mass is 866 g/mol. The zero-order valence-electron chi connectivity index (χ0n) is 33.2. The maximum absolute atomic E-state index is 12.8. The normalized spacial score (nSPS) is 12.3. The summed E-state index contributed by atoms with van der Waals surface area (Å²) in [6.07, 6.45) is 6.78. The number of nitrogens with one attached hydrogen (secondary N) is 4. The molecular formula is C43H44Cl2N10O6. The Kier molecular flexibility index (Phi) is 13.2. The molecule has 0 saturated heterocycles. The third kappa shape index (κ3) is 9.46. The Balaban J connectivity index is 0.845. The molecule has 16 nitrogen and oxygen atoms in total. The molecule has 7 rings (SSSR count). The van der Waals surface area contributed by atoms with Gasteiger partial charge in [0, 0.05) is 103 Å². The molecule has 6 aromatic rings. The van der Waals surface area contributed by atoms with E-state index in [9.17, 15) is 29.4 Å². The Morgan fingerprint density at radius 1 is 0.918 bits per heavy atom. The van der Waals surface area contributed by atoms with Crippen molar-refractivity contribution < 1.29 is 29.4 Å². The highest BCUT2D eigenvalue weighted by Gasteiger charge is 2.27. The molecule has 0 unspecified atom stereocenters. The molecule has 18 heteroatoms. The minimum absolute atomic E-state index is 0.0573. The van der Waals surface area contributed by atoms with Gasteiger partial charge in [-0.3, -0.25) is 28.8 Å². The Hall–Kier alpha value is -6.49. The molecule has 0 radical (unpaired) electrons. The van der Waals surface area contributed by atoms with E-state index in [1.165, 1.54) is 4.68 Å². The molecule has 0 spiro atoms. The first-order valence-corrected chi connectivity index (χ1v) is 20.5. The number of aliphatic hydroxyl groups excluding tert-OH is 1. The number of aromatic amines is 1. The summed E-state index contributed by atoms with van der Waals surface area (Å²) >= 11 is 13.1. The second-order valence-electron chi connectivity index (χ2n) is 14.5. The number of hydrogen-bond acceptors (Lipinski definition) is 10. The van der Waals surface area contributed by atoms with Crippen LogP contribution in [0.2, 0.25) is 10.0 Å². The van der Waals surface area contributed by atoms with Gasteiger partial charge in [0.25, 0.3) is 5.91 Å². The van der Waals surface area contributed by atoms with Crippen molar-refractivity contribution in [2.75, 3.05) is 38.5 Å². The Morgan fingerprint density at radius 3 is 2.41 bits per heavy atom. The summed E-state index contributed by atoms with van der Waals surface area (Å²) in [4.78, 5) is 64.0. The van der Waals surface area contributed by atoms with Crippen molar-refractivity contribution in [2.45, 2.75) is 45.7 Å². The highest BCUT2D eigenvalue weighted by Crippen LogP contribution is 2.42. The molecule has 0 fully saturated rings. The number of hydrogen-bond donors (Lipinski definition) is 7. The van der Waals surface area contributed by atoms with Gasteiger partial charge in [0.2, 0.25) is 17.7 Å². The first kappa shape index (κ1) is 42.6. The van der Waals surface area contributed by atoms with E-state index in [1.54, 1.807) is 72.0 Å². The van der Waals surface area contributed by atoms with Crippen LogP contribution < -0.4 is 21.7 Å². The van der Waals surface area contributed by atoms with E-state index in [0.29, 0.717) is 65.0 Å². The molecule has 4 aromatic heterocycles. The zero-order chi connectivity index (χ0) is 43.2. The minimum Gasteiger partial charge on any atom is -0.508 e. The number of H-pyrrole nitrogens is 1. The Morgan fingerprint density at radius 2 is 1.67 bits per heavy atom. The molecule has 61 heavy (non-hydrogen) atoms. The molecule has 0 atom stereocenters. The van der Waals surface area contributed by atoms with E-state index in [1.807, 2.05) is 6.92 Å². The predicted molar refractivity (Wildman–Crippen MR) is 232 cm³/mol.